The number of aromatic nitrogens is 1. The largest absolute Gasteiger partial charge is 0.493 e. The van der Waals surface area contributed by atoms with Crippen molar-refractivity contribution < 1.29 is 23.7 Å². The highest BCUT2D eigenvalue weighted by Gasteiger charge is 2.14. The van der Waals surface area contributed by atoms with E-state index in [1.807, 2.05) is 55.5 Å². The third kappa shape index (κ3) is 6.62. The van der Waals surface area contributed by atoms with Gasteiger partial charge in [0.1, 0.15) is 6.61 Å². The molecule has 7 nitrogen and oxygen atoms in total. The van der Waals surface area contributed by atoms with E-state index >= 15 is 0 Å². The van der Waals surface area contributed by atoms with Gasteiger partial charge in [0.05, 0.1) is 27.4 Å². The van der Waals surface area contributed by atoms with E-state index in [1.165, 1.54) is 0 Å². The summed E-state index contributed by atoms with van der Waals surface area (Å²) in [5.74, 6) is 2.55. The Bertz CT molecular complexity index is 1060. The molecule has 1 amide bonds. The maximum atomic E-state index is 12.5. The fraction of sp³-hybridized carbons (Fsp3) is 0.308. The first-order valence-electron chi connectivity index (χ1n) is 10.7. The molecule has 0 fully saturated rings. The molecule has 7 heteroatoms. The van der Waals surface area contributed by atoms with E-state index in [-0.39, 0.29) is 11.9 Å². The van der Waals surface area contributed by atoms with Gasteiger partial charge in [0, 0.05) is 18.8 Å². The van der Waals surface area contributed by atoms with Crippen LogP contribution < -0.4 is 24.3 Å². The van der Waals surface area contributed by atoms with Gasteiger partial charge in [-0.15, -0.1) is 0 Å². The van der Waals surface area contributed by atoms with Crippen LogP contribution in [0.2, 0.25) is 0 Å². The lowest BCUT2D eigenvalue weighted by Gasteiger charge is -2.17. The van der Waals surface area contributed by atoms with Gasteiger partial charge in [0.15, 0.2) is 23.0 Å². The number of carbonyl (C=O) groups is 1. The fourth-order valence-corrected chi connectivity index (χ4v) is 3.40. The number of hydrogen-bond acceptors (Lipinski definition) is 6. The lowest BCUT2D eigenvalue weighted by Crippen LogP contribution is -2.26. The predicted octanol–water partition coefficient (Wildman–Crippen LogP) is 4.50. The van der Waals surface area contributed by atoms with E-state index in [2.05, 4.69) is 10.3 Å². The second kappa shape index (κ2) is 11.8. The monoisotopic (exact) mass is 450 g/mol. The zero-order chi connectivity index (χ0) is 23.6. The van der Waals surface area contributed by atoms with Gasteiger partial charge in [-0.3, -0.25) is 9.78 Å². The Morgan fingerprint density at radius 2 is 1.52 bits per heavy atom. The molecule has 1 aromatic heterocycles. The van der Waals surface area contributed by atoms with Crippen LogP contribution in [0.4, 0.5) is 0 Å². The van der Waals surface area contributed by atoms with E-state index in [9.17, 15) is 4.79 Å². The zero-order valence-corrected chi connectivity index (χ0v) is 19.5. The Kier molecular flexibility index (Phi) is 8.52. The van der Waals surface area contributed by atoms with E-state index < -0.39 is 0 Å². The molecule has 0 spiro atoms. The SMILES string of the molecule is COc1ccc(CCC(=O)NC(C)c2ccc(OCc3ccncc3)c(OC)c2)cc1OC. The first-order chi connectivity index (χ1) is 16.0. The van der Waals surface area contributed by atoms with Crippen LogP contribution in [-0.4, -0.2) is 32.2 Å². The number of nitrogens with zero attached hydrogens (tertiary/aromatic N) is 1. The minimum absolute atomic E-state index is 0.0331. The van der Waals surface area contributed by atoms with Gasteiger partial charge in [-0.1, -0.05) is 12.1 Å². The average Bonchev–Trinajstić information content (AvgIpc) is 2.86. The molecule has 1 N–H and O–H groups in total. The van der Waals surface area contributed by atoms with Crippen LogP contribution in [-0.2, 0) is 17.8 Å². The number of nitrogens with one attached hydrogen (secondary N) is 1. The van der Waals surface area contributed by atoms with Gasteiger partial charge in [-0.2, -0.15) is 0 Å². The van der Waals surface area contributed by atoms with Crippen LogP contribution in [0.25, 0.3) is 0 Å². The minimum atomic E-state index is -0.175. The topological polar surface area (TPSA) is 78.9 Å². The van der Waals surface area contributed by atoms with Crippen molar-refractivity contribution in [3.63, 3.8) is 0 Å². The molecule has 0 aliphatic heterocycles. The minimum Gasteiger partial charge on any atom is -0.493 e. The number of aryl methyl sites for hydroxylation is 1. The maximum absolute atomic E-state index is 12.5. The molecule has 174 valence electrons. The molecule has 0 saturated carbocycles. The quantitative estimate of drug-likeness (QED) is 0.464. The molecule has 1 atom stereocenters. The smallest absolute Gasteiger partial charge is 0.220 e. The van der Waals surface area contributed by atoms with E-state index in [4.69, 9.17) is 18.9 Å². The molecule has 1 heterocycles. The van der Waals surface area contributed by atoms with Crippen LogP contribution >= 0.6 is 0 Å². The Labute approximate surface area is 194 Å². The Balaban J connectivity index is 1.56. The molecule has 0 aliphatic carbocycles. The number of methoxy groups -OCH3 is 3. The summed E-state index contributed by atoms with van der Waals surface area (Å²) < 4.78 is 22.0. The van der Waals surface area contributed by atoms with Crippen molar-refractivity contribution in [3.8, 4) is 23.0 Å². The lowest BCUT2D eigenvalue weighted by molar-refractivity contribution is -0.121. The van der Waals surface area contributed by atoms with Crippen LogP contribution in [0, 0.1) is 0 Å². The first kappa shape index (κ1) is 23.9. The van der Waals surface area contributed by atoms with Crippen molar-refractivity contribution >= 4 is 5.91 Å². The number of pyridine rings is 1. The number of rotatable bonds is 11. The molecule has 33 heavy (non-hydrogen) atoms. The number of benzene rings is 2. The van der Waals surface area contributed by atoms with Gasteiger partial charge < -0.3 is 24.3 Å². The maximum Gasteiger partial charge on any atom is 0.220 e. The Morgan fingerprint density at radius 3 is 2.21 bits per heavy atom. The lowest BCUT2D eigenvalue weighted by atomic mass is 10.1. The first-order valence-corrected chi connectivity index (χ1v) is 10.7. The van der Waals surface area contributed by atoms with Crippen molar-refractivity contribution in [1.82, 2.24) is 10.3 Å². The molecule has 2 aromatic carbocycles. The summed E-state index contributed by atoms with van der Waals surface area (Å²) in [6.07, 6.45) is 4.43. The molecule has 3 rings (SSSR count). The van der Waals surface area contributed by atoms with E-state index in [0.717, 1.165) is 16.7 Å². The van der Waals surface area contributed by atoms with E-state index in [1.54, 1.807) is 33.7 Å². The highest BCUT2D eigenvalue weighted by molar-refractivity contribution is 5.76. The third-order valence-electron chi connectivity index (χ3n) is 5.30. The molecular weight excluding hydrogens is 420 g/mol. The molecule has 0 bridgehead atoms. The average molecular weight is 451 g/mol. The third-order valence-corrected chi connectivity index (χ3v) is 5.30. The van der Waals surface area contributed by atoms with Gasteiger partial charge in [-0.25, -0.2) is 0 Å². The molecule has 0 radical (unpaired) electrons. The normalized spacial score (nSPS) is 11.4. The van der Waals surface area contributed by atoms with Crippen molar-refractivity contribution in [3.05, 3.63) is 77.6 Å². The van der Waals surface area contributed by atoms with Crippen molar-refractivity contribution in [1.29, 1.82) is 0 Å². The van der Waals surface area contributed by atoms with Crippen LogP contribution in [0.1, 0.15) is 36.1 Å². The summed E-state index contributed by atoms with van der Waals surface area (Å²) >= 11 is 0. The van der Waals surface area contributed by atoms with E-state index in [0.29, 0.717) is 42.4 Å². The Hall–Kier alpha value is -3.74. The molecular formula is C26H30N2O5. The number of carbonyl (C=O) groups excluding carboxylic acids is 1. The number of hydrogen-bond donors (Lipinski definition) is 1. The van der Waals surface area contributed by atoms with Crippen molar-refractivity contribution in [2.75, 3.05) is 21.3 Å². The highest BCUT2D eigenvalue weighted by Crippen LogP contribution is 2.31. The van der Waals surface area contributed by atoms with Crippen LogP contribution in [0.3, 0.4) is 0 Å². The summed E-state index contributed by atoms with van der Waals surface area (Å²) in [6, 6.07) is 15.0. The number of amides is 1. The van der Waals surface area contributed by atoms with Gasteiger partial charge in [0.25, 0.3) is 0 Å². The summed E-state index contributed by atoms with van der Waals surface area (Å²) in [5.41, 5.74) is 2.96. The molecule has 0 aliphatic rings. The summed E-state index contributed by atoms with van der Waals surface area (Å²) in [4.78, 5) is 16.5. The molecule has 1 unspecified atom stereocenters. The van der Waals surface area contributed by atoms with Gasteiger partial charge in [0.2, 0.25) is 5.91 Å². The second-order valence-electron chi connectivity index (χ2n) is 7.53. The summed E-state index contributed by atoms with van der Waals surface area (Å²) in [5, 5.41) is 3.05. The van der Waals surface area contributed by atoms with Crippen molar-refractivity contribution in [2.24, 2.45) is 0 Å². The molecule has 3 aromatic rings. The zero-order valence-electron chi connectivity index (χ0n) is 19.5. The Morgan fingerprint density at radius 1 is 0.848 bits per heavy atom. The van der Waals surface area contributed by atoms with Crippen LogP contribution in [0.5, 0.6) is 23.0 Å². The van der Waals surface area contributed by atoms with Crippen molar-refractivity contribution in [2.45, 2.75) is 32.4 Å². The second-order valence-corrected chi connectivity index (χ2v) is 7.53. The van der Waals surface area contributed by atoms with Gasteiger partial charge in [-0.05, 0) is 66.4 Å². The molecule has 0 saturated heterocycles. The van der Waals surface area contributed by atoms with Gasteiger partial charge >= 0.3 is 0 Å². The fourth-order valence-electron chi connectivity index (χ4n) is 3.40. The number of ether oxygens (including phenoxy) is 4. The summed E-state index contributed by atoms with van der Waals surface area (Å²) in [6.45, 7) is 2.36. The standard InChI is InChI=1S/C26H30N2O5/c1-18(28-26(29)10-6-19-5-8-22(30-2)24(15-19)31-3)21-7-9-23(25(16-21)32-4)33-17-20-11-13-27-14-12-20/h5,7-9,11-16,18H,6,10,17H2,1-4H3,(H,28,29). The predicted molar refractivity (Wildman–Crippen MR) is 126 cm³/mol. The van der Waals surface area contributed by atoms with Crippen LogP contribution in [0.15, 0.2) is 60.9 Å². The summed E-state index contributed by atoms with van der Waals surface area (Å²) in [7, 11) is 4.80. The highest BCUT2D eigenvalue weighted by atomic mass is 16.5.